The molecule has 0 aliphatic carbocycles. The Hall–Kier alpha value is -0.120. The summed E-state index contributed by atoms with van der Waals surface area (Å²) in [6, 6.07) is 0.652. The van der Waals surface area contributed by atoms with E-state index in [4.69, 9.17) is 9.47 Å². The third-order valence-electron chi connectivity index (χ3n) is 3.03. The summed E-state index contributed by atoms with van der Waals surface area (Å²) in [5.74, 6) is 0. The highest BCUT2D eigenvalue weighted by Gasteiger charge is 2.17. The number of hydrogen-bond donors (Lipinski definition) is 1. The normalized spacial score (nSPS) is 25.9. The van der Waals surface area contributed by atoms with Crippen molar-refractivity contribution in [2.24, 2.45) is 0 Å². The van der Waals surface area contributed by atoms with Gasteiger partial charge >= 0.3 is 0 Å². The fourth-order valence-corrected chi connectivity index (χ4v) is 2.01. The van der Waals surface area contributed by atoms with Crippen LogP contribution in [0, 0.1) is 0 Å². The van der Waals surface area contributed by atoms with Crippen molar-refractivity contribution in [1.29, 1.82) is 0 Å². The standard InChI is InChI=1S/C13H27NO2/c1-3-4-8-15-9-5-7-14-13-6-10-16-12(2)11-13/h12-14H,3-11H2,1-2H3. The molecule has 0 amide bonds. The molecule has 0 radical (unpaired) electrons. The molecule has 0 aromatic rings. The highest BCUT2D eigenvalue weighted by atomic mass is 16.5. The Balaban J connectivity index is 1.86. The van der Waals surface area contributed by atoms with Gasteiger partial charge in [-0.1, -0.05) is 13.3 Å². The van der Waals surface area contributed by atoms with E-state index in [-0.39, 0.29) is 0 Å². The van der Waals surface area contributed by atoms with Crippen LogP contribution in [0.5, 0.6) is 0 Å². The largest absolute Gasteiger partial charge is 0.381 e. The van der Waals surface area contributed by atoms with Gasteiger partial charge in [0.25, 0.3) is 0 Å². The zero-order valence-electron chi connectivity index (χ0n) is 10.8. The Morgan fingerprint density at radius 3 is 2.88 bits per heavy atom. The first-order chi connectivity index (χ1) is 7.83. The van der Waals surface area contributed by atoms with Gasteiger partial charge in [-0.15, -0.1) is 0 Å². The Morgan fingerprint density at radius 1 is 1.31 bits per heavy atom. The van der Waals surface area contributed by atoms with E-state index >= 15 is 0 Å². The van der Waals surface area contributed by atoms with Gasteiger partial charge in [-0.3, -0.25) is 0 Å². The number of ether oxygens (including phenoxy) is 2. The molecular weight excluding hydrogens is 202 g/mol. The van der Waals surface area contributed by atoms with Gasteiger partial charge < -0.3 is 14.8 Å². The second-order valence-electron chi connectivity index (χ2n) is 4.68. The molecular formula is C13H27NO2. The monoisotopic (exact) mass is 229 g/mol. The maximum atomic E-state index is 5.52. The third kappa shape index (κ3) is 6.46. The van der Waals surface area contributed by atoms with Crippen LogP contribution in [-0.2, 0) is 9.47 Å². The molecule has 0 spiro atoms. The van der Waals surface area contributed by atoms with Crippen molar-refractivity contribution in [2.75, 3.05) is 26.4 Å². The average molecular weight is 229 g/mol. The van der Waals surface area contributed by atoms with Crippen molar-refractivity contribution in [3.63, 3.8) is 0 Å². The Bertz CT molecular complexity index is 164. The van der Waals surface area contributed by atoms with Crippen LogP contribution < -0.4 is 5.32 Å². The number of nitrogens with one attached hydrogen (secondary N) is 1. The van der Waals surface area contributed by atoms with Crippen molar-refractivity contribution >= 4 is 0 Å². The van der Waals surface area contributed by atoms with Crippen molar-refractivity contribution < 1.29 is 9.47 Å². The van der Waals surface area contributed by atoms with E-state index in [1.54, 1.807) is 0 Å². The highest BCUT2D eigenvalue weighted by molar-refractivity contribution is 4.74. The average Bonchev–Trinajstić information content (AvgIpc) is 2.28. The first-order valence-corrected chi connectivity index (χ1v) is 6.75. The summed E-state index contributed by atoms with van der Waals surface area (Å²) in [4.78, 5) is 0. The Morgan fingerprint density at radius 2 is 2.12 bits per heavy atom. The summed E-state index contributed by atoms with van der Waals surface area (Å²) in [7, 11) is 0. The van der Waals surface area contributed by atoms with E-state index in [9.17, 15) is 0 Å². The fraction of sp³-hybridized carbons (Fsp3) is 1.00. The summed E-state index contributed by atoms with van der Waals surface area (Å²) < 4.78 is 11.0. The molecule has 0 aromatic carbocycles. The molecule has 1 saturated heterocycles. The molecule has 1 N–H and O–H groups in total. The van der Waals surface area contributed by atoms with Crippen LogP contribution in [0.25, 0.3) is 0 Å². The van der Waals surface area contributed by atoms with Crippen LogP contribution in [0.3, 0.4) is 0 Å². The molecule has 3 nitrogen and oxygen atoms in total. The molecule has 1 fully saturated rings. The lowest BCUT2D eigenvalue weighted by Crippen LogP contribution is -2.38. The summed E-state index contributed by atoms with van der Waals surface area (Å²) in [5.41, 5.74) is 0. The second kappa shape index (κ2) is 8.97. The lowest BCUT2D eigenvalue weighted by molar-refractivity contribution is 0.0130. The third-order valence-corrected chi connectivity index (χ3v) is 3.03. The van der Waals surface area contributed by atoms with E-state index in [0.717, 1.165) is 45.6 Å². The van der Waals surface area contributed by atoms with E-state index in [0.29, 0.717) is 12.1 Å². The van der Waals surface area contributed by atoms with Gasteiger partial charge in [-0.25, -0.2) is 0 Å². The topological polar surface area (TPSA) is 30.5 Å². The summed E-state index contributed by atoms with van der Waals surface area (Å²) >= 11 is 0. The van der Waals surface area contributed by atoms with Gasteiger partial charge in [0.05, 0.1) is 6.10 Å². The van der Waals surface area contributed by atoms with Crippen molar-refractivity contribution in [1.82, 2.24) is 5.32 Å². The fourth-order valence-electron chi connectivity index (χ4n) is 2.01. The summed E-state index contributed by atoms with van der Waals surface area (Å²) in [6.07, 6.45) is 6.25. The smallest absolute Gasteiger partial charge is 0.0561 e. The van der Waals surface area contributed by atoms with E-state index in [1.165, 1.54) is 12.8 Å². The quantitative estimate of drug-likeness (QED) is 0.648. The Kier molecular flexibility index (Phi) is 7.81. The lowest BCUT2D eigenvalue weighted by Gasteiger charge is -2.28. The van der Waals surface area contributed by atoms with E-state index in [1.807, 2.05) is 0 Å². The molecule has 1 aliphatic rings. The molecule has 1 rings (SSSR count). The minimum Gasteiger partial charge on any atom is -0.381 e. The van der Waals surface area contributed by atoms with Crippen LogP contribution in [0.1, 0.15) is 46.0 Å². The minimum atomic E-state index is 0.423. The zero-order valence-corrected chi connectivity index (χ0v) is 10.8. The predicted octanol–water partition coefficient (Wildman–Crippen LogP) is 2.35. The second-order valence-corrected chi connectivity index (χ2v) is 4.68. The SMILES string of the molecule is CCCCOCCCNC1CCOC(C)C1. The Labute approximate surface area is 99.9 Å². The van der Waals surface area contributed by atoms with Crippen LogP contribution >= 0.6 is 0 Å². The molecule has 2 unspecified atom stereocenters. The number of rotatable bonds is 8. The van der Waals surface area contributed by atoms with Crippen molar-refractivity contribution in [3.8, 4) is 0 Å². The number of unbranched alkanes of at least 4 members (excludes halogenated alkanes) is 1. The summed E-state index contributed by atoms with van der Waals surface area (Å²) in [5, 5.41) is 3.58. The van der Waals surface area contributed by atoms with E-state index < -0.39 is 0 Å². The van der Waals surface area contributed by atoms with Crippen LogP contribution in [-0.4, -0.2) is 38.5 Å². The number of hydrogen-bond acceptors (Lipinski definition) is 3. The lowest BCUT2D eigenvalue weighted by atomic mass is 10.0. The van der Waals surface area contributed by atoms with Gasteiger partial charge in [0.15, 0.2) is 0 Å². The molecule has 3 heteroatoms. The first kappa shape index (κ1) is 13.9. The van der Waals surface area contributed by atoms with Crippen LogP contribution in [0.2, 0.25) is 0 Å². The summed E-state index contributed by atoms with van der Waals surface area (Å²) in [6.45, 7) is 8.14. The van der Waals surface area contributed by atoms with Crippen LogP contribution in [0.15, 0.2) is 0 Å². The molecule has 0 aromatic heterocycles. The van der Waals surface area contributed by atoms with Gasteiger partial charge in [-0.05, 0) is 39.2 Å². The maximum absolute atomic E-state index is 5.52. The molecule has 16 heavy (non-hydrogen) atoms. The van der Waals surface area contributed by atoms with Crippen LogP contribution in [0.4, 0.5) is 0 Å². The first-order valence-electron chi connectivity index (χ1n) is 6.75. The molecule has 0 bridgehead atoms. The zero-order chi connectivity index (χ0) is 11.6. The molecule has 2 atom stereocenters. The van der Waals surface area contributed by atoms with Crippen molar-refractivity contribution in [3.05, 3.63) is 0 Å². The van der Waals surface area contributed by atoms with Gasteiger partial charge in [-0.2, -0.15) is 0 Å². The van der Waals surface area contributed by atoms with Gasteiger partial charge in [0, 0.05) is 25.9 Å². The maximum Gasteiger partial charge on any atom is 0.0561 e. The molecule has 96 valence electrons. The molecule has 0 saturated carbocycles. The molecule has 1 aliphatic heterocycles. The van der Waals surface area contributed by atoms with E-state index in [2.05, 4.69) is 19.2 Å². The van der Waals surface area contributed by atoms with Crippen molar-refractivity contribution in [2.45, 2.75) is 58.1 Å². The van der Waals surface area contributed by atoms with Gasteiger partial charge in [0.1, 0.15) is 0 Å². The molecule has 1 heterocycles. The predicted molar refractivity (Wildman–Crippen MR) is 66.8 cm³/mol. The minimum absolute atomic E-state index is 0.423. The highest BCUT2D eigenvalue weighted by Crippen LogP contribution is 2.12. The van der Waals surface area contributed by atoms with Gasteiger partial charge in [0.2, 0.25) is 0 Å².